The molecule has 0 radical (unpaired) electrons. The molecule has 39 heavy (non-hydrogen) atoms. The third-order valence-corrected chi connectivity index (χ3v) is 9.54. The summed E-state index contributed by atoms with van der Waals surface area (Å²) < 4.78 is 27.9. The highest BCUT2D eigenvalue weighted by Crippen LogP contribution is 2.29. The predicted octanol–water partition coefficient (Wildman–Crippen LogP) is 6.80. The van der Waals surface area contributed by atoms with Gasteiger partial charge in [0.2, 0.25) is 5.43 Å². The van der Waals surface area contributed by atoms with Gasteiger partial charge in [0.05, 0.1) is 11.3 Å². The first-order valence-corrected chi connectivity index (χ1v) is 15.3. The van der Waals surface area contributed by atoms with Crippen molar-refractivity contribution in [3.05, 3.63) is 121 Å². The third kappa shape index (κ3) is 5.99. The topological polar surface area (TPSA) is 86.1 Å². The molecule has 2 aromatic heterocycles. The lowest BCUT2D eigenvalue weighted by molar-refractivity contribution is 0.101. The summed E-state index contributed by atoms with van der Waals surface area (Å²) in [4.78, 5) is 30.4. The van der Waals surface area contributed by atoms with E-state index in [4.69, 9.17) is 23.2 Å². The number of nitrogens with zero attached hydrogens (tertiary/aromatic N) is 2. The lowest BCUT2D eigenvalue weighted by atomic mass is 9.99. The Balaban J connectivity index is 1.55. The first kappa shape index (κ1) is 27.3. The Morgan fingerprint density at radius 2 is 1.67 bits per heavy atom. The van der Waals surface area contributed by atoms with Gasteiger partial charge < -0.3 is 4.57 Å². The number of halogens is 2. The highest BCUT2D eigenvalue weighted by Gasteiger charge is 2.22. The van der Waals surface area contributed by atoms with Gasteiger partial charge in [-0.1, -0.05) is 95.2 Å². The van der Waals surface area contributed by atoms with Crippen LogP contribution in [0.5, 0.6) is 0 Å². The van der Waals surface area contributed by atoms with Crippen LogP contribution in [0.3, 0.4) is 0 Å². The smallest absolute Gasteiger partial charge is 0.219 e. The molecule has 0 fully saturated rings. The van der Waals surface area contributed by atoms with Crippen LogP contribution in [0.25, 0.3) is 21.5 Å². The number of fused-ring (bicyclic) bond motifs is 1. The lowest BCUT2D eigenvalue weighted by Gasteiger charge is -2.14. The molecule has 10 heteroatoms. The number of rotatable bonds is 8. The van der Waals surface area contributed by atoms with Crippen LogP contribution in [-0.4, -0.2) is 23.8 Å². The van der Waals surface area contributed by atoms with E-state index in [2.05, 4.69) is 4.98 Å². The summed E-state index contributed by atoms with van der Waals surface area (Å²) in [6, 6.07) is 22.5. The van der Waals surface area contributed by atoms with Crippen LogP contribution in [0.4, 0.5) is 0 Å². The normalized spacial score (nSPS) is 11.7. The molecule has 2 heterocycles. The first-order chi connectivity index (χ1) is 18.6. The van der Waals surface area contributed by atoms with E-state index in [-0.39, 0.29) is 38.4 Å². The molecule has 0 unspecified atom stereocenters. The minimum absolute atomic E-state index is 0.00680. The third-order valence-electron chi connectivity index (χ3n) is 6.22. The summed E-state index contributed by atoms with van der Waals surface area (Å²) in [6.45, 7) is 1.69. The van der Waals surface area contributed by atoms with Crippen LogP contribution in [0.2, 0.25) is 10.0 Å². The van der Waals surface area contributed by atoms with E-state index in [0.29, 0.717) is 22.0 Å². The Hall–Kier alpha value is -3.30. The molecule has 5 aromatic rings. The van der Waals surface area contributed by atoms with E-state index < -0.39 is 15.3 Å². The van der Waals surface area contributed by atoms with Crippen molar-refractivity contribution in [2.45, 2.75) is 25.0 Å². The van der Waals surface area contributed by atoms with Gasteiger partial charge >= 0.3 is 0 Å². The van der Waals surface area contributed by atoms with Crippen LogP contribution in [0.1, 0.15) is 33.4 Å². The molecule has 0 bridgehead atoms. The second-order valence-corrected chi connectivity index (χ2v) is 13.1. The SMILES string of the molecule is CC(=O)c1cn(Cc2ccccc2-c2ccccc2)c2sc(CS(=O)(=O)Cc3ccc(Cl)cc3Cl)nc2c1=O. The monoisotopic (exact) mass is 596 g/mol. The Kier molecular flexibility index (Phi) is 7.73. The number of hydrogen-bond donors (Lipinski definition) is 0. The van der Waals surface area contributed by atoms with Gasteiger partial charge in [0, 0.05) is 22.8 Å². The molecule has 0 aliphatic rings. The Labute approximate surface area is 239 Å². The van der Waals surface area contributed by atoms with Crippen LogP contribution < -0.4 is 5.43 Å². The van der Waals surface area contributed by atoms with Gasteiger partial charge in [0.25, 0.3) is 0 Å². The fourth-order valence-corrected chi connectivity index (χ4v) is 7.81. The van der Waals surface area contributed by atoms with Gasteiger partial charge in [-0.15, -0.1) is 0 Å². The maximum Gasteiger partial charge on any atom is 0.219 e. The largest absolute Gasteiger partial charge is 0.333 e. The average molecular weight is 598 g/mol. The second-order valence-electron chi connectivity index (χ2n) is 9.11. The molecule has 0 N–H and O–H groups in total. The zero-order chi connectivity index (χ0) is 27.7. The number of sulfone groups is 1. The van der Waals surface area contributed by atoms with Crippen molar-refractivity contribution in [3.8, 4) is 11.1 Å². The molecule has 0 amide bonds. The quantitative estimate of drug-likeness (QED) is 0.184. The molecule has 3 aromatic carbocycles. The number of ketones is 1. The number of carbonyl (C=O) groups is 1. The van der Waals surface area contributed by atoms with Crippen molar-refractivity contribution < 1.29 is 13.2 Å². The van der Waals surface area contributed by atoms with Crippen molar-refractivity contribution in [2.75, 3.05) is 0 Å². The summed E-state index contributed by atoms with van der Waals surface area (Å²) in [5.74, 6) is -1.06. The molecule has 0 spiro atoms. The van der Waals surface area contributed by atoms with Gasteiger partial charge in [0.15, 0.2) is 15.6 Å². The van der Waals surface area contributed by atoms with Crippen molar-refractivity contribution >= 4 is 60.5 Å². The average Bonchev–Trinajstić information content (AvgIpc) is 3.31. The van der Waals surface area contributed by atoms with E-state index >= 15 is 0 Å². The summed E-state index contributed by atoms with van der Waals surface area (Å²) in [5, 5.41) is 0.936. The molecule has 6 nitrogen and oxygen atoms in total. The standard InChI is InChI=1S/C29H22Cl2N2O4S2/c1-18(34)24-15-33(14-20-9-5-6-10-23(20)19-7-3-2-4-8-19)29-27(28(24)35)32-26(38-29)17-39(36,37)16-21-11-12-22(30)13-25(21)31/h2-13,15H,14,16-17H2,1H3. The highest BCUT2D eigenvalue weighted by atomic mass is 35.5. The molecule has 0 saturated heterocycles. The Bertz CT molecular complexity index is 1880. The zero-order valence-corrected chi connectivity index (χ0v) is 23.9. The van der Waals surface area contributed by atoms with Crippen LogP contribution in [-0.2, 0) is 27.9 Å². The van der Waals surface area contributed by atoms with Crippen LogP contribution >= 0.6 is 34.5 Å². The van der Waals surface area contributed by atoms with Gasteiger partial charge in [-0.2, -0.15) is 0 Å². The molecule has 0 atom stereocenters. The molecule has 0 saturated carbocycles. The van der Waals surface area contributed by atoms with E-state index in [9.17, 15) is 18.0 Å². The highest BCUT2D eigenvalue weighted by molar-refractivity contribution is 7.90. The van der Waals surface area contributed by atoms with Gasteiger partial charge in [-0.05, 0) is 41.3 Å². The minimum Gasteiger partial charge on any atom is -0.333 e. The maximum atomic E-state index is 13.1. The van der Waals surface area contributed by atoms with Crippen LogP contribution in [0.15, 0.2) is 83.8 Å². The predicted molar refractivity (Wildman–Crippen MR) is 158 cm³/mol. The number of aromatic nitrogens is 2. The molecular formula is C29H22Cl2N2O4S2. The number of hydrogen-bond acceptors (Lipinski definition) is 6. The molecule has 5 rings (SSSR count). The lowest BCUT2D eigenvalue weighted by Crippen LogP contribution is -2.18. The molecular weight excluding hydrogens is 575 g/mol. The van der Waals surface area contributed by atoms with E-state index in [1.807, 2.05) is 54.6 Å². The van der Waals surface area contributed by atoms with Gasteiger partial charge in [-0.25, -0.2) is 13.4 Å². The van der Waals surface area contributed by atoms with Crippen molar-refractivity contribution in [2.24, 2.45) is 0 Å². The van der Waals surface area contributed by atoms with Crippen molar-refractivity contribution in [1.29, 1.82) is 0 Å². The number of carbonyl (C=O) groups excluding carboxylic acids is 1. The first-order valence-electron chi connectivity index (χ1n) is 11.9. The summed E-state index contributed by atoms with van der Waals surface area (Å²) >= 11 is 13.2. The number of thiazole rings is 1. The van der Waals surface area contributed by atoms with E-state index in [1.54, 1.807) is 22.9 Å². The fraction of sp³-hybridized carbons (Fsp3) is 0.138. The molecule has 0 aliphatic carbocycles. The van der Waals surface area contributed by atoms with Gasteiger partial charge in [-0.3, -0.25) is 9.59 Å². The van der Waals surface area contributed by atoms with Crippen LogP contribution in [0, 0.1) is 0 Å². The number of benzene rings is 3. The second kappa shape index (κ2) is 11.1. The number of pyridine rings is 1. The van der Waals surface area contributed by atoms with Gasteiger partial charge in [0.1, 0.15) is 21.1 Å². The Morgan fingerprint density at radius 1 is 0.949 bits per heavy atom. The van der Waals surface area contributed by atoms with E-state index in [0.717, 1.165) is 28.0 Å². The Morgan fingerprint density at radius 3 is 2.38 bits per heavy atom. The van der Waals surface area contributed by atoms with Crippen molar-refractivity contribution in [1.82, 2.24) is 9.55 Å². The summed E-state index contributed by atoms with van der Waals surface area (Å²) in [5.41, 5.74) is 3.04. The minimum atomic E-state index is -3.68. The molecule has 0 aliphatic heterocycles. The van der Waals surface area contributed by atoms with Crippen molar-refractivity contribution in [3.63, 3.8) is 0 Å². The maximum absolute atomic E-state index is 13.1. The zero-order valence-electron chi connectivity index (χ0n) is 20.7. The fourth-order valence-electron chi connectivity index (χ4n) is 4.38. The molecule has 198 valence electrons. The summed E-state index contributed by atoms with van der Waals surface area (Å²) in [7, 11) is -3.68. The van der Waals surface area contributed by atoms with E-state index in [1.165, 1.54) is 13.0 Å². The summed E-state index contributed by atoms with van der Waals surface area (Å²) in [6.07, 6.45) is 1.54. The number of Topliss-reactive ketones (excluding diaryl/α,β-unsaturated/α-hetero) is 1.